The maximum Gasteiger partial charge on any atom is 4.00 e. The molecule has 0 aliphatic heterocycles. The van der Waals surface area contributed by atoms with Crippen LogP contribution in [0, 0.1) is 166 Å². The summed E-state index contributed by atoms with van der Waals surface area (Å²) in [6.07, 6.45) is 0. The molecule has 0 amide bonds. The molecular weight excluding hydrogens is 1130 g/mol. The Kier molecular flexibility index (Phi) is 50.8. The molecule has 9 heteroatoms. The van der Waals surface area contributed by atoms with Gasteiger partial charge in [0.2, 0.25) is 0 Å². The van der Waals surface area contributed by atoms with E-state index >= 15 is 0 Å². The standard InChI is InChI=1S/2C10H15.2C9H13.2C8H11.6ClH.3Zr/c2*1-6-7(2)9(4)10(5)8(6)3;2*1-6-5-7(2)9(4)8(6)3;2*1-6-4-7(2)8(3)5-6;;;;;;;;;/h2*1-5H3;2*5H,1-4H3;2*4-5H,1-3H3;6*1H;;;/q6*-1;;;;;;;3*+4/p-6. The van der Waals surface area contributed by atoms with Crippen molar-refractivity contribution in [2.75, 3.05) is 0 Å². The van der Waals surface area contributed by atoms with Crippen LogP contribution in [0.2, 0.25) is 0 Å². The van der Waals surface area contributed by atoms with E-state index in [-0.39, 0.29) is 153 Å². The minimum absolute atomic E-state index is 0. The monoisotopic (exact) mass is 1210 g/mol. The van der Waals surface area contributed by atoms with E-state index in [0.717, 1.165) is 0 Å². The first-order valence-corrected chi connectivity index (χ1v) is 20.0. The van der Waals surface area contributed by atoms with Crippen molar-refractivity contribution in [1.82, 2.24) is 0 Å². The third-order valence-electron chi connectivity index (χ3n) is 13.0. The fourth-order valence-electron chi connectivity index (χ4n) is 6.98. The second-order valence-corrected chi connectivity index (χ2v) is 16.6. The van der Waals surface area contributed by atoms with Gasteiger partial charge in [-0.2, -0.15) is 147 Å². The van der Waals surface area contributed by atoms with Gasteiger partial charge in [0.1, 0.15) is 0 Å². The van der Waals surface area contributed by atoms with E-state index in [4.69, 9.17) is 0 Å². The van der Waals surface area contributed by atoms with Crippen LogP contribution in [0.15, 0.2) is 36.4 Å². The minimum Gasteiger partial charge on any atom is -1.00 e. The molecule has 0 aliphatic rings. The van der Waals surface area contributed by atoms with E-state index in [0.29, 0.717) is 0 Å². The normalized spacial score (nSPS) is 8.76. The molecule has 0 heterocycles. The molecule has 6 aromatic carbocycles. The van der Waals surface area contributed by atoms with Crippen LogP contribution >= 0.6 is 0 Å². The van der Waals surface area contributed by atoms with Gasteiger partial charge in [-0.15, -0.1) is 0 Å². The zero-order valence-corrected chi connectivity index (χ0v) is 55.1. The Balaban J connectivity index is -0.0000000773. The van der Waals surface area contributed by atoms with Crippen LogP contribution < -0.4 is 74.4 Å². The van der Waals surface area contributed by atoms with E-state index < -0.39 is 0 Å². The summed E-state index contributed by atoms with van der Waals surface area (Å²) in [5.74, 6) is 0. The summed E-state index contributed by atoms with van der Waals surface area (Å²) < 4.78 is 0. The van der Waals surface area contributed by atoms with E-state index in [2.05, 4.69) is 203 Å². The van der Waals surface area contributed by atoms with Crippen molar-refractivity contribution in [2.24, 2.45) is 0 Å². The van der Waals surface area contributed by atoms with Gasteiger partial charge in [0.05, 0.1) is 0 Å². The SMILES string of the molecule is Cc1c(C)c(C)[c-](C)c1C.Cc1c(C)c(C)[c-](C)c1C.Cc1c[c-](C)c(C)c1C.Cc1c[c-](C)c(C)c1C.Cc1cc(C)[c-](C)c1.Cc1cc(C)[c-](C)c1.[Cl-].[Cl-].[Cl-].[Cl-].[Cl-].[Cl-].[Zr+4].[Zr+4].[Zr+4]. The molecule has 0 aromatic heterocycles. The summed E-state index contributed by atoms with van der Waals surface area (Å²) in [7, 11) is 0. The van der Waals surface area contributed by atoms with Crippen LogP contribution in [0.4, 0.5) is 0 Å². The second kappa shape index (κ2) is 38.4. The Labute approximate surface area is 483 Å². The molecular formula is C54H78Cl6Zr3. The summed E-state index contributed by atoms with van der Waals surface area (Å²) in [6, 6.07) is 13.3. The molecule has 0 radical (unpaired) electrons. The molecule has 0 aliphatic carbocycles. The smallest absolute Gasteiger partial charge is 1.00 e. The summed E-state index contributed by atoms with van der Waals surface area (Å²) in [6.45, 7) is 52.2. The van der Waals surface area contributed by atoms with Crippen LogP contribution in [-0.2, 0) is 78.6 Å². The number of rotatable bonds is 0. The third kappa shape index (κ3) is 24.6. The Morgan fingerprint density at radius 2 is 0.476 bits per heavy atom. The van der Waals surface area contributed by atoms with Gasteiger partial charge in [-0.3, -0.25) is 0 Å². The van der Waals surface area contributed by atoms with Gasteiger partial charge in [0, 0.05) is 0 Å². The maximum atomic E-state index is 2.24. The Hall–Kier alpha value is 0.489. The average Bonchev–Trinajstić information content (AvgIpc) is 3.82. The third-order valence-corrected chi connectivity index (χ3v) is 13.0. The van der Waals surface area contributed by atoms with Crippen molar-refractivity contribution < 1.29 is 153 Å². The van der Waals surface area contributed by atoms with Crippen molar-refractivity contribution >= 4 is 0 Å². The Bertz CT molecular complexity index is 1730. The largest absolute Gasteiger partial charge is 4.00 e. The summed E-state index contributed by atoms with van der Waals surface area (Å²) >= 11 is 0. The van der Waals surface area contributed by atoms with Crippen molar-refractivity contribution in [2.45, 2.75) is 166 Å². The molecule has 0 unspecified atom stereocenters. The van der Waals surface area contributed by atoms with Crippen molar-refractivity contribution in [3.8, 4) is 0 Å². The van der Waals surface area contributed by atoms with E-state index in [1.807, 2.05) is 0 Å². The molecule has 6 rings (SSSR count). The number of hydrogen-bond acceptors (Lipinski definition) is 0. The van der Waals surface area contributed by atoms with Gasteiger partial charge >= 0.3 is 78.6 Å². The summed E-state index contributed by atoms with van der Waals surface area (Å²) in [5, 5.41) is 0. The molecule has 0 atom stereocenters. The first-order valence-electron chi connectivity index (χ1n) is 20.0. The summed E-state index contributed by atoms with van der Waals surface area (Å²) in [5.41, 5.74) is 34.5. The Morgan fingerprint density at radius 1 is 0.270 bits per heavy atom. The topological polar surface area (TPSA) is 0 Å². The van der Waals surface area contributed by atoms with E-state index in [9.17, 15) is 0 Å². The van der Waals surface area contributed by atoms with Gasteiger partial charge in [0.15, 0.2) is 0 Å². The van der Waals surface area contributed by atoms with Gasteiger partial charge in [-0.05, 0) is 0 Å². The van der Waals surface area contributed by atoms with E-state index in [1.54, 1.807) is 0 Å². The number of aryl methyl sites for hydroxylation is 10. The fraction of sp³-hybridized carbons (Fsp3) is 0.444. The van der Waals surface area contributed by atoms with Gasteiger partial charge in [-0.25, -0.2) is 23.3 Å². The zero-order chi connectivity index (χ0) is 42.1. The molecule has 6 aromatic rings. The molecule has 0 saturated heterocycles. The predicted octanol–water partition coefficient (Wildman–Crippen LogP) is -2.15. The fourth-order valence-corrected chi connectivity index (χ4v) is 6.98. The molecule has 0 N–H and O–H groups in total. The maximum absolute atomic E-state index is 2.24. The minimum atomic E-state index is 0. The van der Waals surface area contributed by atoms with E-state index in [1.165, 1.54) is 134 Å². The van der Waals surface area contributed by atoms with Crippen molar-refractivity contribution in [3.05, 3.63) is 170 Å². The number of hydrogen-bond donors (Lipinski definition) is 0. The first-order chi connectivity index (χ1) is 24.8. The van der Waals surface area contributed by atoms with Gasteiger partial charge < -0.3 is 74.4 Å². The van der Waals surface area contributed by atoms with Crippen LogP contribution in [-0.4, -0.2) is 0 Å². The molecule has 0 spiro atoms. The zero-order valence-electron chi connectivity index (χ0n) is 43.2. The molecule has 348 valence electrons. The first kappa shape index (κ1) is 83.5. The molecule has 0 nitrogen and oxygen atoms in total. The van der Waals surface area contributed by atoms with Crippen molar-refractivity contribution in [1.29, 1.82) is 0 Å². The van der Waals surface area contributed by atoms with Crippen LogP contribution in [0.1, 0.15) is 134 Å². The second-order valence-electron chi connectivity index (χ2n) is 16.6. The van der Waals surface area contributed by atoms with Crippen LogP contribution in [0.5, 0.6) is 0 Å². The van der Waals surface area contributed by atoms with Gasteiger partial charge in [-0.1, -0.05) is 166 Å². The Morgan fingerprint density at radius 3 is 0.524 bits per heavy atom. The quantitative estimate of drug-likeness (QED) is 0.153. The average molecular weight is 1210 g/mol. The van der Waals surface area contributed by atoms with Crippen molar-refractivity contribution in [3.63, 3.8) is 0 Å². The molecule has 0 fully saturated rings. The molecule has 0 saturated carbocycles. The number of halogens is 6. The van der Waals surface area contributed by atoms with Crippen LogP contribution in [0.3, 0.4) is 0 Å². The van der Waals surface area contributed by atoms with Crippen LogP contribution in [0.25, 0.3) is 0 Å². The van der Waals surface area contributed by atoms with Gasteiger partial charge in [0.25, 0.3) is 0 Å². The molecule has 63 heavy (non-hydrogen) atoms. The summed E-state index contributed by atoms with van der Waals surface area (Å²) in [4.78, 5) is 0. The molecule has 0 bridgehead atoms. The predicted molar refractivity (Wildman–Crippen MR) is 246 cm³/mol.